The lowest BCUT2D eigenvalue weighted by atomic mass is 10.2. The summed E-state index contributed by atoms with van der Waals surface area (Å²) in [4.78, 5) is 13.8. The summed E-state index contributed by atoms with van der Waals surface area (Å²) in [6.07, 6.45) is 0. The summed E-state index contributed by atoms with van der Waals surface area (Å²) in [5.74, 6) is 0. The Morgan fingerprint density at radius 1 is 1.38 bits per heavy atom. The molecule has 1 heterocycles. The summed E-state index contributed by atoms with van der Waals surface area (Å²) in [6.45, 7) is 2.01. The topological polar surface area (TPSA) is 32.9 Å². The molecule has 1 N–H and O–H groups in total. The van der Waals surface area contributed by atoms with Crippen LogP contribution in [0.5, 0.6) is 0 Å². The van der Waals surface area contributed by atoms with E-state index in [1.165, 1.54) is 5.56 Å². The van der Waals surface area contributed by atoms with E-state index in [0.717, 1.165) is 10.9 Å². The number of hydrogen-bond acceptors (Lipinski definition) is 1. The molecule has 0 bridgehead atoms. The van der Waals surface area contributed by atoms with Crippen molar-refractivity contribution >= 4 is 27.7 Å². The van der Waals surface area contributed by atoms with Crippen molar-refractivity contribution in [3.63, 3.8) is 0 Å². The van der Waals surface area contributed by atoms with Crippen LogP contribution >= 0.6 is 11.6 Å². The van der Waals surface area contributed by atoms with E-state index in [-0.39, 0.29) is 0 Å². The average molecular weight is 194 g/mol. The quantitative estimate of drug-likeness (QED) is 0.695. The number of benzene rings is 1. The van der Waals surface area contributed by atoms with Crippen LogP contribution in [0.2, 0.25) is 0 Å². The number of H-pyrrole nitrogens is 1. The molecule has 0 spiro atoms. The molecule has 2 rings (SSSR count). The number of carbonyl (C=O) groups excluding carboxylic acids is 1. The van der Waals surface area contributed by atoms with Gasteiger partial charge in [-0.15, -0.1) is 0 Å². The zero-order valence-electron chi connectivity index (χ0n) is 7.10. The molecular weight excluding hydrogens is 186 g/mol. The average Bonchev–Trinajstić information content (AvgIpc) is 2.46. The molecule has 66 valence electrons. The molecule has 0 aliphatic rings. The maximum atomic E-state index is 10.8. The summed E-state index contributed by atoms with van der Waals surface area (Å²) in [6, 6.07) is 7.70. The van der Waals surface area contributed by atoms with Crippen LogP contribution in [0.1, 0.15) is 16.1 Å². The Kier molecular flexibility index (Phi) is 1.85. The van der Waals surface area contributed by atoms with Crippen LogP contribution in [0.25, 0.3) is 10.9 Å². The van der Waals surface area contributed by atoms with E-state index < -0.39 is 5.24 Å². The van der Waals surface area contributed by atoms with Crippen LogP contribution in [0.4, 0.5) is 0 Å². The van der Waals surface area contributed by atoms with Crippen LogP contribution in [0.15, 0.2) is 24.3 Å². The summed E-state index contributed by atoms with van der Waals surface area (Å²) >= 11 is 5.34. The van der Waals surface area contributed by atoms with Gasteiger partial charge in [0.15, 0.2) is 0 Å². The number of hydrogen-bond donors (Lipinski definition) is 1. The maximum Gasteiger partial charge on any atom is 0.268 e. The van der Waals surface area contributed by atoms with E-state index in [4.69, 9.17) is 11.6 Å². The molecule has 13 heavy (non-hydrogen) atoms. The number of nitrogens with one attached hydrogen (secondary N) is 1. The molecule has 0 amide bonds. The molecule has 2 aromatic rings. The fraction of sp³-hybridized carbons (Fsp3) is 0.100. The number of fused-ring (bicyclic) bond motifs is 1. The van der Waals surface area contributed by atoms with Crippen molar-refractivity contribution in [1.82, 2.24) is 4.98 Å². The lowest BCUT2D eigenvalue weighted by molar-refractivity contribution is 0.107. The molecule has 0 radical (unpaired) electrons. The molecule has 3 heteroatoms. The van der Waals surface area contributed by atoms with Gasteiger partial charge in [-0.2, -0.15) is 0 Å². The van der Waals surface area contributed by atoms with Crippen LogP contribution in [0.3, 0.4) is 0 Å². The molecular formula is C10H8ClNO. The highest BCUT2D eigenvalue weighted by atomic mass is 35.5. The number of rotatable bonds is 1. The highest BCUT2D eigenvalue weighted by molar-refractivity contribution is 6.67. The van der Waals surface area contributed by atoms with Crippen molar-refractivity contribution in [2.45, 2.75) is 6.92 Å². The van der Waals surface area contributed by atoms with Crippen molar-refractivity contribution in [3.05, 3.63) is 35.5 Å². The Balaban J connectivity index is 2.68. The van der Waals surface area contributed by atoms with Gasteiger partial charge in [-0.25, -0.2) is 0 Å². The minimum Gasteiger partial charge on any atom is -0.351 e. The second kappa shape index (κ2) is 2.89. The van der Waals surface area contributed by atoms with Crippen molar-refractivity contribution in [1.29, 1.82) is 0 Å². The zero-order valence-corrected chi connectivity index (χ0v) is 7.85. The van der Waals surface area contributed by atoms with E-state index in [0.29, 0.717) is 5.69 Å². The molecule has 0 atom stereocenters. The van der Waals surface area contributed by atoms with E-state index in [1.54, 1.807) is 6.07 Å². The Bertz CT molecular complexity index is 473. The molecule has 2 nitrogen and oxygen atoms in total. The van der Waals surface area contributed by atoms with Gasteiger partial charge >= 0.3 is 0 Å². The molecule has 0 aliphatic heterocycles. The Hall–Kier alpha value is -1.28. The normalized spacial score (nSPS) is 10.6. The summed E-state index contributed by atoms with van der Waals surface area (Å²) in [5, 5.41) is 0.567. The Labute approximate surface area is 80.5 Å². The Morgan fingerprint density at radius 2 is 2.15 bits per heavy atom. The first-order chi connectivity index (χ1) is 6.16. The van der Waals surface area contributed by atoms with Crippen molar-refractivity contribution in [2.24, 2.45) is 0 Å². The fourth-order valence-corrected chi connectivity index (χ4v) is 1.46. The maximum absolute atomic E-state index is 10.8. The monoisotopic (exact) mass is 193 g/mol. The van der Waals surface area contributed by atoms with E-state index >= 15 is 0 Å². The third-order valence-corrected chi connectivity index (χ3v) is 2.19. The molecule has 1 aromatic carbocycles. The van der Waals surface area contributed by atoms with Crippen LogP contribution in [-0.2, 0) is 0 Å². The second-order valence-corrected chi connectivity index (χ2v) is 3.39. The van der Waals surface area contributed by atoms with Crippen molar-refractivity contribution in [3.8, 4) is 0 Å². The first-order valence-corrected chi connectivity index (χ1v) is 4.34. The smallest absolute Gasteiger partial charge is 0.268 e. The first-order valence-electron chi connectivity index (χ1n) is 3.96. The molecule has 0 saturated carbocycles. The summed E-state index contributed by atoms with van der Waals surface area (Å²) in [5.41, 5.74) is 2.55. The van der Waals surface area contributed by atoms with Crippen LogP contribution in [-0.4, -0.2) is 10.2 Å². The molecule has 0 fully saturated rings. The second-order valence-electron chi connectivity index (χ2n) is 3.05. The number of aromatic amines is 1. The van der Waals surface area contributed by atoms with E-state index in [2.05, 4.69) is 4.98 Å². The van der Waals surface area contributed by atoms with Gasteiger partial charge in [0.25, 0.3) is 5.24 Å². The fourth-order valence-electron chi connectivity index (χ4n) is 1.36. The summed E-state index contributed by atoms with van der Waals surface area (Å²) < 4.78 is 0. The van der Waals surface area contributed by atoms with Crippen LogP contribution in [0, 0.1) is 6.92 Å². The third kappa shape index (κ3) is 1.45. The van der Waals surface area contributed by atoms with Crippen LogP contribution < -0.4 is 0 Å². The number of aryl methyl sites for hydroxylation is 1. The van der Waals surface area contributed by atoms with Gasteiger partial charge in [-0.3, -0.25) is 4.79 Å². The number of halogens is 1. The highest BCUT2D eigenvalue weighted by Gasteiger charge is 2.05. The van der Waals surface area contributed by atoms with Crippen molar-refractivity contribution < 1.29 is 4.79 Å². The third-order valence-electron chi connectivity index (χ3n) is 1.99. The lowest BCUT2D eigenvalue weighted by Crippen LogP contribution is -1.85. The van der Waals surface area contributed by atoms with E-state index in [9.17, 15) is 4.79 Å². The van der Waals surface area contributed by atoms with Gasteiger partial charge in [0.2, 0.25) is 0 Å². The Morgan fingerprint density at radius 3 is 2.85 bits per heavy atom. The minimum atomic E-state index is -0.450. The minimum absolute atomic E-state index is 0.447. The standard InChI is InChI=1S/C10H8ClNO/c1-6-2-3-8-7(4-6)5-9(12-8)10(11)13/h2-5,12H,1H3. The predicted octanol–water partition coefficient (Wildman–Crippen LogP) is 2.86. The number of aromatic nitrogens is 1. The van der Waals surface area contributed by atoms with Gasteiger partial charge < -0.3 is 4.98 Å². The molecule has 0 aliphatic carbocycles. The first kappa shape index (κ1) is 8.32. The molecule has 0 unspecified atom stereocenters. The van der Waals surface area contributed by atoms with Gasteiger partial charge in [0.05, 0.1) is 5.69 Å². The van der Waals surface area contributed by atoms with E-state index in [1.807, 2.05) is 25.1 Å². The lowest BCUT2D eigenvalue weighted by Gasteiger charge is -1.90. The number of carbonyl (C=O) groups is 1. The van der Waals surface area contributed by atoms with Crippen molar-refractivity contribution in [2.75, 3.05) is 0 Å². The van der Waals surface area contributed by atoms with Gasteiger partial charge in [0.1, 0.15) is 0 Å². The van der Waals surface area contributed by atoms with Gasteiger partial charge in [-0.05, 0) is 36.7 Å². The summed E-state index contributed by atoms with van der Waals surface area (Å²) in [7, 11) is 0. The molecule has 0 saturated heterocycles. The highest BCUT2D eigenvalue weighted by Crippen LogP contribution is 2.17. The SMILES string of the molecule is Cc1ccc2[nH]c(C(=O)Cl)cc2c1. The molecule has 1 aromatic heterocycles. The van der Waals surface area contributed by atoms with Gasteiger partial charge in [-0.1, -0.05) is 11.6 Å². The largest absolute Gasteiger partial charge is 0.351 e. The van der Waals surface area contributed by atoms with Gasteiger partial charge in [0, 0.05) is 10.9 Å². The predicted molar refractivity (Wildman–Crippen MR) is 53.2 cm³/mol. The zero-order chi connectivity index (χ0) is 9.42.